The molecule has 0 aliphatic carbocycles. The number of hydrogen-bond donors (Lipinski definition) is 1. The summed E-state index contributed by atoms with van der Waals surface area (Å²) in [6.45, 7) is 0.697. The third kappa shape index (κ3) is 3.45. The molecule has 1 aromatic carbocycles. The Hall–Kier alpha value is -1.73. The molecule has 0 bridgehead atoms. The number of aldehydes is 1. The first kappa shape index (κ1) is 16.1. The first-order valence-corrected chi connectivity index (χ1v) is 8.06. The predicted octanol–water partition coefficient (Wildman–Crippen LogP) is 3.78. The topological polar surface area (TPSA) is 55.6 Å². The van der Waals surface area contributed by atoms with E-state index in [-0.39, 0.29) is 0 Å². The van der Waals surface area contributed by atoms with Gasteiger partial charge in [0.15, 0.2) is 5.65 Å². The molecule has 0 aliphatic heterocycles. The second kappa shape index (κ2) is 7.23. The maximum atomic E-state index is 11.0. The van der Waals surface area contributed by atoms with Crippen LogP contribution in [0.4, 0.5) is 0 Å². The smallest absolute Gasteiger partial charge is 0.156 e. The number of aromatic nitrogens is 2. The number of hydroxylamine groups is 1. The van der Waals surface area contributed by atoms with Gasteiger partial charge < -0.3 is 0 Å². The Kier molecular flexibility index (Phi) is 5.07. The molecular formula is C16H13BrClN3O2. The van der Waals surface area contributed by atoms with Gasteiger partial charge >= 0.3 is 0 Å². The van der Waals surface area contributed by atoms with E-state index in [0.29, 0.717) is 29.4 Å². The zero-order chi connectivity index (χ0) is 16.2. The standard InChI is InChI=1S/C16H13BrClN3O2/c17-15-14(20-16-13(18)6-3-7-21(15)16)8-19-23-10-12-5-2-1-4-11(12)9-22/h1-7,9,19H,8,10H2. The van der Waals surface area contributed by atoms with Crippen LogP contribution in [0.5, 0.6) is 0 Å². The van der Waals surface area contributed by atoms with Crippen LogP contribution in [0.25, 0.3) is 5.65 Å². The van der Waals surface area contributed by atoms with Gasteiger partial charge in [-0.25, -0.2) is 4.98 Å². The fraction of sp³-hybridized carbons (Fsp3) is 0.125. The lowest BCUT2D eigenvalue weighted by atomic mass is 10.1. The van der Waals surface area contributed by atoms with Crippen molar-refractivity contribution in [3.05, 3.63) is 69.0 Å². The number of halogens is 2. The molecule has 1 N–H and O–H groups in total. The van der Waals surface area contributed by atoms with E-state index in [1.54, 1.807) is 12.1 Å². The first-order valence-electron chi connectivity index (χ1n) is 6.89. The summed E-state index contributed by atoms with van der Waals surface area (Å²) in [6, 6.07) is 10.9. The highest BCUT2D eigenvalue weighted by Gasteiger charge is 2.11. The molecule has 7 heteroatoms. The summed E-state index contributed by atoms with van der Waals surface area (Å²) in [6.07, 6.45) is 2.70. The Morgan fingerprint density at radius 2 is 2.13 bits per heavy atom. The van der Waals surface area contributed by atoms with Gasteiger partial charge in [-0.3, -0.25) is 14.0 Å². The molecule has 2 aromatic heterocycles. The van der Waals surface area contributed by atoms with E-state index in [1.165, 1.54) is 0 Å². The van der Waals surface area contributed by atoms with Gasteiger partial charge in [0.2, 0.25) is 0 Å². The molecule has 0 unspecified atom stereocenters. The molecule has 3 rings (SSSR count). The summed E-state index contributed by atoms with van der Waals surface area (Å²) in [5.41, 5.74) is 5.77. The van der Waals surface area contributed by atoms with E-state index in [2.05, 4.69) is 26.4 Å². The van der Waals surface area contributed by atoms with Gasteiger partial charge in [0.05, 0.1) is 23.9 Å². The van der Waals surface area contributed by atoms with Gasteiger partial charge in [-0.1, -0.05) is 35.9 Å². The van der Waals surface area contributed by atoms with Crippen LogP contribution in [0.2, 0.25) is 5.02 Å². The van der Waals surface area contributed by atoms with Gasteiger partial charge in [0.25, 0.3) is 0 Å². The number of hydrogen-bond acceptors (Lipinski definition) is 4. The number of fused-ring (bicyclic) bond motifs is 1. The fourth-order valence-corrected chi connectivity index (χ4v) is 2.91. The van der Waals surface area contributed by atoms with Crippen LogP contribution >= 0.6 is 27.5 Å². The van der Waals surface area contributed by atoms with Gasteiger partial charge in [0.1, 0.15) is 10.9 Å². The van der Waals surface area contributed by atoms with Gasteiger partial charge in [-0.2, -0.15) is 5.48 Å². The molecule has 0 saturated heterocycles. The van der Waals surface area contributed by atoms with E-state index in [0.717, 1.165) is 22.1 Å². The second-order valence-electron chi connectivity index (χ2n) is 4.83. The van der Waals surface area contributed by atoms with Crippen molar-refractivity contribution in [2.45, 2.75) is 13.2 Å². The average molecular weight is 395 g/mol. The van der Waals surface area contributed by atoms with Crippen LogP contribution in [0, 0.1) is 0 Å². The van der Waals surface area contributed by atoms with Crippen LogP contribution in [-0.4, -0.2) is 15.7 Å². The Morgan fingerprint density at radius 3 is 2.91 bits per heavy atom. The van der Waals surface area contributed by atoms with Crippen LogP contribution in [0.1, 0.15) is 21.6 Å². The summed E-state index contributed by atoms with van der Waals surface area (Å²) < 4.78 is 2.68. The molecule has 0 spiro atoms. The lowest BCUT2D eigenvalue weighted by Crippen LogP contribution is -2.15. The van der Waals surface area contributed by atoms with Crippen molar-refractivity contribution in [2.24, 2.45) is 0 Å². The van der Waals surface area contributed by atoms with E-state index in [4.69, 9.17) is 16.4 Å². The van der Waals surface area contributed by atoms with Crippen LogP contribution < -0.4 is 5.48 Å². The number of carbonyl (C=O) groups excluding carboxylic acids is 1. The zero-order valence-electron chi connectivity index (χ0n) is 12.0. The third-order valence-corrected chi connectivity index (χ3v) is 4.50. The van der Waals surface area contributed by atoms with Crippen LogP contribution in [0.3, 0.4) is 0 Å². The van der Waals surface area contributed by atoms with Gasteiger partial charge in [-0.15, -0.1) is 0 Å². The Bertz CT molecular complexity index is 850. The van der Waals surface area contributed by atoms with Crippen molar-refractivity contribution in [3.63, 3.8) is 0 Å². The maximum absolute atomic E-state index is 11.0. The molecule has 0 fully saturated rings. The lowest BCUT2D eigenvalue weighted by Gasteiger charge is -2.06. The Morgan fingerprint density at radius 1 is 1.30 bits per heavy atom. The zero-order valence-corrected chi connectivity index (χ0v) is 14.3. The summed E-state index contributed by atoms with van der Waals surface area (Å²) in [7, 11) is 0. The summed E-state index contributed by atoms with van der Waals surface area (Å²) in [4.78, 5) is 20.9. The van der Waals surface area contributed by atoms with Crippen LogP contribution in [0.15, 0.2) is 47.2 Å². The summed E-state index contributed by atoms with van der Waals surface area (Å²) >= 11 is 9.63. The van der Waals surface area contributed by atoms with E-state index in [9.17, 15) is 4.79 Å². The molecule has 0 saturated carbocycles. The molecule has 2 heterocycles. The summed E-state index contributed by atoms with van der Waals surface area (Å²) in [5, 5.41) is 0.584. The number of carbonyl (C=O) groups is 1. The van der Waals surface area contributed by atoms with Crippen molar-refractivity contribution in [2.75, 3.05) is 0 Å². The molecule has 0 radical (unpaired) electrons. The van der Waals surface area contributed by atoms with E-state index >= 15 is 0 Å². The predicted molar refractivity (Wildman–Crippen MR) is 91.4 cm³/mol. The lowest BCUT2D eigenvalue weighted by molar-refractivity contribution is 0.0225. The highest BCUT2D eigenvalue weighted by atomic mass is 79.9. The minimum absolute atomic E-state index is 0.292. The molecule has 23 heavy (non-hydrogen) atoms. The van der Waals surface area contributed by atoms with Crippen molar-refractivity contribution in [1.82, 2.24) is 14.9 Å². The molecule has 3 aromatic rings. The van der Waals surface area contributed by atoms with Crippen molar-refractivity contribution >= 4 is 39.5 Å². The monoisotopic (exact) mass is 393 g/mol. The van der Waals surface area contributed by atoms with Crippen molar-refractivity contribution < 1.29 is 9.63 Å². The molecular weight excluding hydrogens is 382 g/mol. The fourth-order valence-electron chi connectivity index (χ4n) is 2.19. The molecule has 0 atom stereocenters. The Balaban J connectivity index is 1.64. The number of imidazole rings is 1. The minimum Gasteiger partial charge on any atom is -0.298 e. The molecule has 0 amide bonds. The number of nitrogens with one attached hydrogen (secondary N) is 1. The van der Waals surface area contributed by atoms with Crippen molar-refractivity contribution in [1.29, 1.82) is 0 Å². The molecule has 118 valence electrons. The van der Waals surface area contributed by atoms with E-state index in [1.807, 2.05) is 34.9 Å². The quantitative estimate of drug-likeness (QED) is 0.393. The number of rotatable bonds is 6. The van der Waals surface area contributed by atoms with Gasteiger partial charge in [-0.05, 0) is 33.6 Å². The molecule has 0 aliphatic rings. The normalized spacial score (nSPS) is 11.0. The van der Waals surface area contributed by atoms with Gasteiger partial charge in [0, 0.05) is 11.8 Å². The highest BCUT2D eigenvalue weighted by Crippen LogP contribution is 2.23. The second-order valence-corrected chi connectivity index (χ2v) is 5.98. The number of benzene rings is 1. The summed E-state index contributed by atoms with van der Waals surface area (Å²) in [5.74, 6) is 0. The Labute approximate surface area is 146 Å². The van der Waals surface area contributed by atoms with E-state index < -0.39 is 0 Å². The van der Waals surface area contributed by atoms with Crippen molar-refractivity contribution in [3.8, 4) is 0 Å². The first-order chi connectivity index (χ1) is 11.2. The SMILES string of the molecule is O=Cc1ccccc1CONCc1nc2c(Cl)cccn2c1Br. The molecule has 5 nitrogen and oxygen atoms in total. The highest BCUT2D eigenvalue weighted by molar-refractivity contribution is 9.10. The third-order valence-electron chi connectivity index (χ3n) is 3.36. The maximum Gasteiger partial charge on any atom is 0.156 e. The average Bonchev–Trinajstić information content (AvgIpc) is 2.90. The van der Waals surface area contributed by atoms with Crippen LogP contribution in [-0.2, 0) is 18.0 Å². The number of nitrogens with zero attached hydrogens (tertiary/aromatic N) is 2. The number of pyridine rings is 1. The largest absolute Gasteiger partial charge is 0.298 e. The minimum atomic E-state index is 0.292.